The Labute approximate surface area is 130 Å². The summed E-state index contributed by atoms with van der Waals surface area (Å²) in [5.41, 5.74) is -0.832. The van der Waals surface area contributed by atoms with E-state index in [4.69, 9.17) is 0 Å². The first-order valence-corrected chi connectivity index (χ1v) is 8.48. The number of carbonyl (C=O) groups excluding carboxylic acids is 2. The van der Waals surface area contributed by atoms with Gasteiger partial charge in [-0.1, -0.05) is 0 Å². The Morgan fingerprint density at radius 2 is 2.14 bits per heavy atom. The van der Waals surface area contributed by atoms with Crippen molar-refractivity contribution in [3.05, 3.63) is 0 Å². The summed E-state index contributed by atoms with van der Waals surface area (Å²) in [7, 11) is 0. The number of likely N-dealkylation sites (tertiary alicyclic amines) is 1. The number of urea groups is 1. The van der Waals surface area contributed by atoms with E-state index in [0.717, 1.165) is 10.7 Å². The topological polar surface area (TPSA) is 52.7 Å². The molecule has 22 heavy (non-hydrogen) atoms. The molecule has 3 saturated heterocycles. The van der Waals surface area contributed by atoms with Crippen LogP contribution in [0.3, 0.4) is 0 Å². The fraction of sp³-hybridized carbons (Fsp3) is 0.846. The number of rotatable bonds is 2. The van der Waals surface area contributed by atoms with Crippen molar-refractivity contribution in [1.82, 2.24) is 15.1 Å². The predicted molar refractivity (Wildman–Crippen MR) is 75.3 cm³/mol. The highest BCUT2D eigenvalue weighted by Gasteiger charge is 2.53. The summed E-state index contributed by atoms with van der Waals surface area (Å²) in [6.45, 7) is 0.275. The van der Waals surface area contributed by atoms with Gasteiger partial charge in [0.05, 0.1) is 12.6 Å². The molecule has 3 amide bonds. The summed E-state index contributed by atoms with van der Waals surface area (Å²) in [6.07, 6.45) is -3.10. The Kier molecular flexibility index (Phi) is 4.05. The van der Waals surface area contributed by atoms with Crippen molar-refractivity contribution in [2.45, 2.75) is 31.0 Å². The maximum Gasteiger partial charge on any atom is 0.393 e. The third-order valence-corrected chi connectivity index (χ3v) is 5.77. The highest BCUT2D eigenvalue weighted by molar-refractivity contribution is 7.99. The molecule has 0 bridgehead atoms. The van der Waals surface area contributed by atoms with E-state index in [1.54, 1.807) is 16.7 Å². The van der Waals surface area contributed by atoms with Gasteiger partial charge < -0.3 is 5.32 Å². The maximum absolute atomic E-state index is 12.8. The fourth-order valence-electron chi connectivity index (χ4n) is 3.29. The number of nitrogens with one attached hydrogen (secondary N) is 1. The van der Waals surface area contributed by atoms with E-state index in [1.165, 1.54) is 0 Å². The highest BCUT2D eigenvalue weighted by atomic mass is 32.2. The molecule has 5 nitrogen and oxygen atoms in total. The molecule has 1 spiro atoms. The van der Waals surface area contributed by atoms with Gasteiger partial charge in [0, 0.05) is 12.3 Å². The summed E-state index contributed by atoms with van der Waals surface area (Å²) in [6, 6.07) is -0.485. The van der Waals surface area contributed by atoms with Crippen LogP contribution in [0.1, 0.15) is 19.3 Å². The van der Waals surface area contributed by atoms with Crippen LogP contribution in [0, 0.1) is 5.92 Å². The van der Waals surface area contributed by atoms with Crippen LogP contribution in [-0.2, 0) is 4.79 Å². The zero-order valence-corrected chi connectivity index (χ0v) is 12.8. The molecular formula is C13H18F3N3O2S. The smallest absolute Gasteiger partial charge is 0.322 e. The quantitative estimate of drug-likeness (QED) is 0.779. The van der Waals surface area contributed by atoms with Crippen molar-refractivity contribution in [1.29, 1.82) is 0 Å². The number of halogens is 3. The Morgan fingerprint density at radius 1 is 1.36 bits per heavy atom. The molecule has 2 atom stereocenters. The second-order valence-corrected chi connectivity index (χ2v) is 7.25. The van der Waals surface area contributed by atoms with Gasteiger partial charge in [-0.05, 0) is 31.6 Å². The average molecular weight is 337 g/mol. The van der Waals surface area contributed by atoms with Gasteiger partial charge in [0.2, 0.25) is 0 Å². The molecule has 0 unspecified atom stereocenters. The van der Waals surface area contributed by atoms with Crippen LogP contribution >= 0.6 is 11.8 Å². The maximum atomic E-state index is 12.8. The van der Waals surface area contributed by atoms with Crippen molar-refractivity contribution >= 4 is 23.7 Å². The fourth-order valence-corrected chi connectivity index (χ4v) is 4.61. The van der Waals surface area contributed by atoms with E-state index < -0.39 is 23.7 Å². The molecule has 3 aliphatic rings. The molecule has 0 radical (unpaired) electrons. The molecular weight excluding hydrogens is 319 g/mol. The van der Waals surface area contributed by atoms with Crippen LogP contribution in [0.25, 0.3) is 0 Å². The molecule has 3 heterocycles. The van der Waals surface area contributed by atoms with Gasteiger partial charge in [0.1, 0.15) is 5.54 Å². The van der Waals surface area contributed by atoms with E-state index >= 15 is 0 Å². The number of piperidine rings is 1. The molecule has 3 rings (SSSR count). The van der Waals surface area contributed by atoms with Crippen LogP contribution < -0.4 is 5.32 Å². The lowest BCUT2D eigenvalue weighted by Gasteiger charge is -2.35. The normalized spacial score (nSPS) is 33.8. The number of alkyl halides is 3. The number of thioether (sulfide) groups is 1. The van der Waals surface area contributed by atoms with Crippen LogP contribution in [0.15, 0.2) is 0 Å². The number of hydrogen-bond donors (Lipinski definition) is 1. The summed E-state index contributed by atoms with van der Waals surface area (Å²) in [5.74, 6) is -0.325. The first kappa shape index (κ1) is 15.9. The largest absolute Gasteiger partial charge is 0.393 e. The second kappa shape index (κ2) is 5.59. The molecule has 3 fully saturated rings. The number of carbonyl (C=O) groups is 2. The number of hydrogen-bond acceptors (Lipinski definition) is 4. The van der Waals surface area contributed by atoms with Gasteiger partial charge in [0.15, 0.2) is 0 Å². The molecule has 0 aromatic carbocycles. The van der Waals surface area contributed by atoms with Gasteiger partial charge in [-0.3, -0.25) is 9.69 Å². The van der Waals surface area contributed by atoms with E-state index in [1.807, 2.05) is 0 Å². The summed E-state index contributed by atoms with van der Waals surface area (Å²) in [4.78, 5) is 27.1. The number of amides is 3. The highest BCUT2D eigenvalue weighted by Crippen LogP contribution is 2.35. The third kappa shape index (κ3) is 2.80. The summed E-state index contributed by atoms with van der Waals surface area (Å²) in [5, 5.41) is 2.73. The minimum atomic E-state index is -4.22. The molecule has 3 aliphatic heterocycles. The molecule has 124 valence electrons. The second-order valence-electron chi connectivity index (χ2n) is 6.15. The van der Waals surface area contributed by atoms with Gasteiger partial charge in [-0.2, -0.15) is 24.9 Å². The monoisotopic (exact) mass is 337 g/mol. The van der Waals surface area contributed by atoms with Crippen molar-refractivity contribution in [3.63, 3.8) is 0 Å². The third-order valence-electron chi connectivity index (χ3n) is 4.58. The summed E-state index contributed by atoms with van der Waals surface area (Å²) >= 11 is 1.60. The van der Waals surface area contributed by atoms with Crippen molar-refractivity contribution in [3.8, 4) is 0 Å². The van der Waals surface area contributed by atoms with Crippen molar-refractivity contribution in [2.24, 2.45) is 5.92 Å². The van der Waals surface area contributed by atoms with Gasteiger partial charge in [-0.15, -0.1) is 0 Å². The standard InChI is InChI=1S/C13H18F3N3O2S/c14-13(15,16)9-2-1-4-18(6-9)8-19-10(20)12(17-11(19)21)3-5-22-7-12/h9H,1-8H2,(H,17,21)/t9-,12+/m0/s1. The average Bonchev–Trinajstić information content (AvgIpc) is 3.00. The number of imide groups is 1. The molecule has 0 aliphatic carbocycles. The van der Waals surface area contributed by atoms with E-state index in [-0.39, 0.29) is 25.5 Å². The minimum Gasteiger partial charge on any atom is -0.322 e. The summed E-state index contributed by atoms with van der Waals surface area (Å²) < 4.78 is 38.5. The number of nitrogens with zero attached hydrogens (tertiary/aromatic N) is 2. The lowest BCUT2D eigenvalue weighted by Crippen LogP contribution is -2.50. The SMILES string of the molecule is O=C1N[C@@]2(CCSC2)C(=O)N1CN1CCC[C@H](C(F)(F)F)C1. The van der Waals surface area contributed by atoms with Crippen LogP contribution in [-0.4, -0.2) is 64.7 Å². The Bertz CT molecular complexity index is 480. The van der Waals surface area contributed by atoms with Crippen molar-refractivity contribution in [2.75, 3.05) is 31.3 Å². The molecule has 0 aromatic rings. The van der Waals surface area contributed by atoms with Gasteiger partial charge in [-0.25, -0.2) is 9.69 Å². The Hall–Kier alpha value is -0.960. The van der Waals surface area contributed by atoms with E-state index in [0.29, 0.717) is 25.1 Å². The molecule has 9 heteroatoms. The molecule has 0 aromatic heterocycles. The van der Waals surface area contributed by atoms with E-state index in [9.17, 15) is 22.8 Å². The lowest BCUT2D eigenvalue weighted by atomic mass is 9.97. The van der Waals surface area contributed by atoms with Crippen LogP contribution in [0.5, 0.6) is 0 Å². The lowest BCUT2D eigenvalue weighted by molar-refractivity contribution is -0.187. The first-order chi connectivity index (χ1) is 10.3. The zero-order valence-electron chi connectivity index (χ0n) is 12.0. The molecule has 1 N–H and O–H groups in total. The van der Waals surface area contributed by atoms with Gasteiger partial charge in [0.25, 0.3) is 5.91 Å². The predicted octanol–water partition coefficient (Wildman–Crippen LogP) is 1.65. The Balaban J connectivity index is 1.65. The van der Waals surface area contributed by atoms with Crippen molar-refractivity contribution < 1.29 is 22.8 Å². The molecule has 0 saturated carbocycles. The van der Waals surface area contributed by atoms with Gasteiger partial charge >= 0.3 is 12.2 Å². The Morgan fingerprint density at radius 3 is 2.77 bits per heavy atom. The van der Waals surface area contributed by atoms with Crippen LogP contribution in [0.4, 0.5) is 18.0 Å². The van der Waals surface area contributed by atoms with E-state index in [2.05, 4.69) is 5.32 Å². The zero-order chi connectivity index (χ0) is 16.0. The van der Waals surface area contributed by atoms with Crippen LogP contribution in [0.2, 0.25) is 0 Å². The minimum absolute atomic E-state index is 0.0519. The first-order valence-electron chi connectivity index (χ1n) is 7.33.